The van der Waals surface area contributed by atoms with Gasteiger partial charge in [-0.2, -0.15) is 0 Å². The molecule has 1 aromatic carbocycles. The number of hydrogen-bond acceptors (Lipinski definition) is 6. The van der Waals surface area contributed by atoms with Crippen molar-refractivity contribution in [3.05, 3.63) is 35.4 Å². The van der Waals surface area contributed by atoms with E-state index in [0.29, 0.717) is 24.9 Å². The first kappa shape index (κ1) is 36.9. The molecule has 0 saturated carbocycles. The summed E-state index contributed by atoms with van der Waals surface area (Å²) in [6, 6.07) is 5.71. The number of hydrogen-bond donors (Lipinski definition) is 2. The Kier molecular flexibility index (Phi) is 16.8. The highest BCUT2D eigenvalue weighted by atomic mass is 16.6. The maximum Gasteiger partial charge on any atom is 0.408 e. The van der Waals surface area contributed by atoms with E-state index < -0.39 is 29.7 Å². The van der Waals surface area contributed by atoms with Gasteiger partial charge in [-0.15, -0.1) is 0 Å². The van der Waals surface area contributed by atoms with Gasteiger partial charge in [-0.05, 0) is 52.5 Å². The van der Waals surface area contributed by atoms with Gasteiger partial charge in [-0.25, -0.2) is 4.79 Å². The number of carbonyl (C=O) groups excluding carboxylic acids is 4. The third-order valence-corrected chi connectivity index (χ3v) is 7.04. The second-order valence-corrected chi connectivity index (χ2v) is 12.0. The Morgan fingerprint density at radius 3 is 2.24 bits per heavy atom. The van der Waals surface area contributed by atoms with Crippen molar-refractivity contribution in [2.75, 3.05) is 19.7 Å². The number of nitrogens with zero attached hydrogens (tertiary/aromatic N) is 1. The molecular formula is C33H55N3O6. The summed E-state index contributed by atoms with van der Waals surface area (Å²) < 4.78 is 10.5. The summed E-state index contributed by atoms with van der Waals surface area (Å²) in [6.45, 7) is 15.7. The predicted octanol–water partition coefficient (Wildman–Crippen LogP) is 6.23. The molecule has 0 spiro atoms. The molecule has 1 rings (SSSR count). The Hall–Kier alpha value is -3.10. The molecule has 0 aliphatic rings. The minimum Gasteiger partial charge on any atom is -0.466 e. The maximum atomic E-state index is 14.4. The van der Waals surface area contributed by atoms with Crippen LogP contribution in [0.4, 0.5) is 4.79 Å². The summed E-state index contributed by atoms with van der Waals surface area (Å²) >= 11 is 0. The topological polar surface area (TPSA) is 114 Å². The van der Waals surface area contributed by atoms with Gasteiger partial charge in [0.05, 0.1) is 13.0 Å². The largest absolute Gasteiger partial charge is 0.466 e. The van der Waals surface area contributed by atoms with Crippen LogP contribution in [0.2, 0.25) is 0 Å². The van der Waals surface area contributed by atoms with Gasteiger partial charge in [0.2, 0.25) is 11.8 Å². The van der Waals surface area contributed by atoms with E-state index in [1.807, 2.05) is 45.0 Å². The van der Waals surface area contributed by atoms with Crippen molar-refractivity contribution in [2.45, 2.75) is 124 Å². The minimum atomic E-state index is -0.942. The first-order valence-electron chi connectivity index (χ1n) is 15.6. The number of esters is 1. The molecule has 0 aliphatic carbocycles. The number of carbonyl (C=O) groups is 4. The van der Waals surface area contributed by atoms with Gasteiger partial charge in [0, 0.05) is 13.1 Å². The Bertz CT molecular complexity index is 990. The number of amides is 3. The molecule has 0 heterocycles. The van der Waals surface area contributed by atoms with E-state index in [2.05, 4.69) is 17.6 Å². The summed E-state index contributed by atoms with van der Waals surface area (Å²) in [5.74, 6) is -1.33. The van der Waals surface area contributed by atoms with Crippen molar-refractivity contribution in [1.29, 1.82) is 0 Å². The summed E-state index contributed by atoms with van der Waals surface area (Å²) in [6.07, 6.45) is 6.09. The van der Waals surface area contributed by atoms with Crippen LogP contribution in [-0.2, 0) is 23.9 Å². The van der Waals surface area contributed by atoms with Crippen LogP contribution in [0.3, 0.4) is 0 Å². The zero-order chi connectivity index (χ0) is 31.7. The molecule has 0 aromatic heterocycles. The van der Waals surface area contributed by atoms with Gasteiger partial charge >= 0.3 is 12.1 Å². The lowest BCUT2D eigenvalue weighted by Gasteiger charge is -2.36. The fraction of sp³-hybridized carbons (Fsp3) is 0.697. The van der Waals surface area contributed by atoms with Crippen LogP contribution in [0.5, 0.6) is 0 Å². The number of ether oxygens (including phenoxy) is 2. The average Bonchev–Trinajstić information content (AvgIpc) is 2.91. The highest BCUT2D eigenvalue weighted by Crippen LogP contribution is 2.26. The van der Waals surface area contributed by atoms with Crippen molar-refractivity contribution >= 4 is 23.9 Å². The monoisotopic (exact) mass is 589 g/mol. The van der Waals surface area contributed by atoms with Crippen molar-refractivity contribution in [1.82, 2.24) is 15.5 Å². The Balaban J connectivity index is 3.44. The molecule has 1 aromatic rings. The number of unbranched alkanes of at least 4 members (excludes halogenated alkanes) is 5. The Morgan fingerprint density at radius 1 is 0.976 bits per heavy atom. The van der Waals surface area contributed by atoms with Crippen molar-refractivity contribution in [3.63, 3.8) is 0 Å². The first-order valence-corrected chi connectivity index (χ1v) is 15.6. The zero-order valence-electron chi connectivity index (χ0n) is 27.2. The van der Waals surface area contributed by atoms with Gasteiger partial charge in [0.25, 0.3) is 0 Å². The van der Waals surface area contributed by atoms with E-state index in [0.717, 1.165) is 37.7 Å². The average molecular weight is 590 g/mol. The van der Waals surface area contributed by atoms with Gasteiger partial charge < -0.3 is 25.0 Å². The third kappa shape index (κ3) is 13.7. The zero-order valence-corrected chi connectivity index (χ0v) is 27.2. The molecule has 0 fully saturated rings. The SMILES string of the molecule is CCCCCCCCN(C(=O)C(NC(=O)OC(C)(C)C)C(C)CC)C(C(=O)NCCC(=O)OCC)c1cccc(C)c1. The fourth-order valence-corrected chi connectivity index (χ4v) is 4.66. The standard InChI is InChI=1S/C33H55N3O6/c1-9-12-13-14-15-16-22-36(31(39)28(25(5)10-2)35-32(40)42-33(6,7)8)29(26-19-17-18-24(4)23-26)30(38)34-21-20-27(37)41-11-3/h17-19,23,25,28-29H,9-16,20-22H2,1-8H3,(H,34,38)(H,35,40). The van der Waals surface area contributed by atoms with Crippen molar-refractivity contribution < 1.29 is 28.7 Å². The summed E-state index contributed by atoms with van der Waals surface area (Å²) in [7, 11) is 0. The van der Waals surface area contributed by atoms with Crippen molar-refractivity contribution in [3.8, 4) is 0 Å². The van der Waals surface area contributed by atoms with Gasteiger partial charge in [-0.1, -0.05) is 89.1 Å². The molecule has 9 nitrogen and oxygen atoms in total. The molecule has 3 amide bonds. The number of alkyl carbamates (subject to hydrolysis) is 1. The van der Waals surface area contributed by atoms with Crippen LogP contribution >= 0.6 is 0 Å². The van der Waals surface area contributed by atoms with Crippen LogP contribution in [0, 0.1) is 12.8 Å². The molecule has 0 saturated heterocycles. The van der Waals surface area contributed by atoms with E-state index in [1.165, 1.54) is 0 Å². The van der Waals surface area contributed by atoms with Crippen molar-refractivity contribution in [2.24, 2.45) is 5.92 Å². The lowest BCUT2D eigenvalue weighted by molar-refractivity contribution is -0.145. The van der Waals surface area contributed by atoms with Crippen LogP contribution in [-0.4, -0.2) is 60.1 Å². The Labute approximate surface area is 253 Å². The maximum absolute atomic E-state index is 14.4. The molecule has 238 valence electrons. The lowest BCUT2D eigenvalue weighted by Crippen LogP contribution is -2.55. The van der Waals surface area contributed by atoms with Crippen LogP contribution < -0.4 is 10.6 Å². The van der Waals surface area contributed by atoms with E-state index >= 15 is 0 Å². The number of benzene rings is 1. The minimum absolute atomic E-state index is 0.0290. The van der Waals surface area contributed by atoms with E-state index in [4.69, 9.17) is 9.47 Å². The molecule has 3 atom stereocenters. The van der Waals surface area contributed by atoms with Gasteiger partial charge in [0.1, 0.15) is 17.7 Å². The quantitative estimate of drug-likeness (QED) is 0.155. The highest BCUT2D eigenvalue weighted by Gasteiger charge is 2.38. The second-order valence-electron chi connectivity index (χ2n) is 12.0. The van der Waals surface area contributed by atoms with Crippen LogP contribution in [0.1, 0.15) is 117 Å². The first-order chi connectivity index (χ1) is 19.8. The smallest absolute Gasteiger partial charge is 0.408 e. The molecule has 2 N–H and O–H groups in total. The number of rotatable bonds is 18. The van der Waals surface area contributed by atoms with Gasteiger partial charge in [-0.3, -0.25) is 14.4 Å². The summed E-state index contributed by atoms with van der Waals surface area (Å²) in [5, 5.41) is 5.66. The second kappa shape index (κ2) is 19.2. The molecule has 3 unspecified atom stereocenters. The molecule has 42 heavy (non-hydrogen) atoms. The van der Waals surface area contributed by atoms with E-state index in [-0.39, 0.29) is 37.3 Å². The molecule has 0 bridgehead atoms. The number of nitrogens with one attached hydrogen (secondary N) is 2. The van der Waals surface area contributed by atoms with E-state index in [9.17, 15) is 19.2 Å². The van der Waals surface area contributed by atoms with E-state index in [1.54, 1.807) is 32.6 Å². The predicted molar refractivity (Wildman–Crippen MR) is 166 cm³/mol. The molecular weight excluding hydrogens is 534 g/mol. The summed E-state index contributed by atoms with van der Waals surface area (Å²) in [5.41, 5.74) is 0.895. The number of aryl methyl sites for hydroxylation is 1. The lowest BCUT2D eigenvalue weighted by atomic mass is 9.95. The van der Waals surface area contributed by atoms with Crippen LogP contribution in [0.15, 0.2) is 24.3 Å². The Morgan fingerprint density at radius 2 is 1.64 bits per heavy atom. The molecule has 9 heteroatoms. The molecule has 0 aliphatic heterocycles. The highest BCUT2D eigenvalue weighted by molar-refractivity contribution is 5.92. The normalized spacial score (nSPS) is 13.4. The van der Waals surface area contributed by atoms with Gasteiger partial charge in [0.15, 0.2) is 0 Å². The third-order valence-electron chi connectivity index (χ3n) is 7.04. The molecule has 0 radical (unpaired) electrons. The summed E-state index contributed by atoms with van der Waals surface area (Å²) in [4.78, 5) is 54.5. The fourth-order valence-electron chi connectivity index (χ4n) is 4.66. The van der Waals surface area contributed by atoms with Crippen LogP contribution in [0.25, 0.3) is 0 Å².